The number of ether oxygens (including phenoxy) is 1. The van der Waals surface area contributed by atoms with Crippen molar-refractivity contribution in [2.75, 3.05) is 7.11 Å². The Balaban J connectivity index is 3.38. The molecule has 0 fully saturated rings. The maximum Gasteiger partial charge on any atom is 0.349 e. The summed E-state index contributed by atoms with van der Waals surface area (Å²) in [6.07, 6.45) is 0. The van der Waals surface area contributed by atoms with Crippen molar-refractivity contribution in [3.63, 3.8) is 0 Å². The molecule has 0 saturated heterocycles. The molecule has 6 nitrogen and oxygen atoms in total. The lowest BCUT2D eigenvalue weighted by atomic mass is 10.4. The van der Waals surface area contributed by atoms with Crippen LogP contribution in [-0.2, 0) is 0 Å². The van der Waals surface area contributed by atoms with Gasteiger partial charge in [-0.05, 0) is 10.6 Å². The van der Waals surface area contributed by atoms with Crippen molar-refractivity contribution in [3.8, 4) is 5.75 Å². The van der Waals surface area contributed by atoms with Crippen LogP contribution in [0.4, 0.5) is 5.00 Å². The van der Waals surface area contributed by atoms with Crippen LogP contribution in [0.3, 0.4) is 0 Å². The van der Waals surface area contributed by atoms with E-state index in [-0.39, 0.29) is 20.7 Å². The molecule has 0 radical (unpaired) electrons. The maximum absolute atomic E-state index is 10.7. The van der Waals surface area contributed by atoms with Crippen LogP contribution in [-0.4, -0.2) is 18.2 Å². The average Bonchev–Trinajstić information content (AvgIpc) is 2.44. The lowest BCUT2D eigenvalue weighted by molar-refractivity contribution is 0.0699. The number of carbonyl (C=O) groups is 1. The van der Waals surface area contributed by atoms with Crippen molar-refractivity contribution in [1.29, 1.82) is 0 Å². The van der Waals surface area contributed by atoms with Gasteiger partial charge in [-0.25, -0.2) is 4.79 Å². The number of azide groups is 1. The first kappa shape index (κ1) is 10.6. The number of aromatic carboxylic acids is 1. The quantitative estimate of drug-likeness (QED) is 0.494. The zero-order chi connectivity index (χ0) is 10.7. The number of hydrogen-bond acceptors (Lipinski definition) is 4. The summed E-state index contributed by atoms with van der Waals surface area (Å²) in [5.41, 5.74) is 8.17. The monoisotopic (exact) mass is 233 g/mol. The topological polar surface area (TPSA) is 95.3 Å². The number of carboxylic acid groups (broad SMARTS) is 1. The molecule has 0 atom stereocenters. The summed E-state index contributed by atoms with van der Waals surface area (Å²) in [6.45, 7) is 0. The van der Waals surface area contributed by atoms with Crippen molar-refractivity contribution in [2.45, 2.75) is 0 Å². The SMILES string of the molecule is COc1c(C(=O)O)sc(N=[N+]=[N-])c1Cl. The highest BCUT2D eigenvalue weighted by atomic mass is 35.5. The third-order valence-electron chi connectivity index (χ3n) is 1.33. The Morgan fingerprint density at radius 2 is 2.43 bits per heavy atom. The summed E-state index contributed by atoms with van der Waals surface area (Å²) in [5, 5.41) is 12.1. The predicted octanol–water partition coefficient (Wildman–Crippen LogP) is 3.05. The normalized spacial score (nSPS) is 9.29. The van der Waals surface area contributed by atoms with Gasteiger partial charge in [0.15, 0.2) is 10.6 Å². The third kappa shape index (κ3) is 1.74. The zero-order valence-electron chi connectivity index (χ0n) is 6.89. The second-order valence-electron chi connectivity index (χ2n) is 2.08. The van der Waals surface area contributed by atoms with Gasteiger partial charge in [-0.1, -0.05) is 11.6 Å². The molecule has 74 valence electrons. The molecule has 0 aliphatic carbocycles. The van der Waals surface area contributed by atoms with E-state index in [0.29, 0.717) is 0 Å². The van der Waals surface area contributed by atoms with E-state index >= 15 is 0 Å². The number of halogens is 1. The lowest BCUT2D eigenvalue weighted by Crippen LogP contribution is -1.95. The minimum Gasteiger partial charge on any atom is -0.493 e. The fourth-order valence-electron chi connectivity index (χ4n) is 0.813. The molecular formula is C6H4ClN3O3S. The largest absolute Gasteiger partial charge is 0.493 e. The molecule has 0 aliphatic rings. The fourth-order valence-corrected chi connectivity index (χ4v) is 2.01. The van der Waals surface area contributed by atoms with Gasteiger partial charge in [-0.2, -0.15) is 0 Å². The Kier molecular flexibility index (Phi) is 3.19. The number of thiophene rings is 1. The average molecular weight is 234 g/mol. The maximum atomic E-state index is 10.7. The molecular weight excluding hydrogens is 230 g/mol. The molecule has 1 aromatic rings. The summed E-state index contributed by atoms with van der Waals surface area (Å²) in [6, 6.07) is 0. The van der Waals surface area contributed by atoms with Gasteiger partial charge in [-0.3, -0.25) is 0 Å². The minimum atomic E-state index is -1.17. The van der Waals surface area contributed by atoms with Crippen LogP contribution in [0.15, 0.2) is 5.11 Å². The van der Waals surface area contributed by atoms with E-state index in [1.54, 1.807) is 0 Å². The molecule has 0 saturated carbocycles. The van der Waals surface area contributed by atoms with Crippen LogP contribution >= 0.6 is 22.9 Å². The van der Waals surface area contributed by atoms with Gasteiger partial charge in [0.05, 0.1) is 7.11 Å². The highest BCUT2D eigenvalue weighted by Gasteiger charge is 2.21. The second-order valence-corrected chi connectivity index (χ2v) is 3.46. The zero-order valence-corrected chi connectivity index (χ0v) is 8.46. The summed E-state index contributed by atoms with van der Waals surface area (Å²) < 4.78 is 4.78. The van der Waals surface area contributed by atoms with E-state index in [1.807, 2.05) is 0 Å². The number of hydrogen-bond donors (Lipinski definition) is 1. The standard InChI is InChI=1S/C6H4ClN3O3S/c1-13-3-2(7)5(9-10-8)14-4(3)6(11)12/h1H3,(H,11,12). The predicted molar refractivity (Wildman–Crippen MR) is 51.6 cm³/mol. The lowest BCUT2D eigenvalue weighted by Gasteiger charge is -1.97. The van der Waals surface area contributed by atoms with Crippen LogP contribution in [0, 0.1) is 0 Å². The Hall–Kier alpha value is -1.43. The van der Waals surface area contributed by atoms with E-state index < -0.39 is 5.97 Å². The molecule has 14 heavy (non-hydrogen) atoms. The fraction of sp³-hybridized carbons (Fsp3) is 0.167. The number of nitrogens with zero attached hydrogens (tertiary/aromatic N) is 3. The van der Waals surface area contributed by atoms with Crippen molar-refractivity contribution in [3.05, 3.63) is 20.3 Å². The van der Waals surface area contributed by atoms with Crippen LogP contribution in [0.5, 0.6) is 5.75 Å². The molecule has 8 heteroatoms. The number of carboxylic acids is 1. The Labute approximate surface area is 87.3 Å². The first-order chi connectivity index (χ1) is 6.61. The van der Waals surface area contributed by atoms with Crippen molar-refractivity contribution >= 4 is 33.9 Å². The van der Waals surface area contributed by atoms with E-state index in [9.17, 15) is 4.79 Å². The van der Waals surface area contributed by atoms with Crippen molar-refractivity contribution in [1.82, 2.24) is 0 Å². The molecule has 1 heterocycles. The Bertz CT molecular complexity index is 424. The first-order valence-corrected chi connectivity index (χ1v) is 4.46. The van der Waals surface area contributed by atoms with E-state index in [0.717, 1.165) is 11.3 Å². The van der Waals surface area contributed by atoms with Gasteiger partial charge >= 0.3 is 5.97 Å². The van der Waals surface area contributed by atoms with Gasteiger partial charge in [0.2, 0.25) is 0 Å². The Morgan fingerprint density at radius 3 is 2.79 bits per heavy atom. The van der Waals surface area contributed by atoms with Crippen LogP contribution in [0.1, 0.15) is 9.67 Å². The molecule has 0 spiro atoms. The highest BCUT2D eigenvalue weighted by molar-refractivity contribution is 7.18. The van der Waals surface area contributed by atoms with Crippen LogP contribution in [0.25, 0.3) is 10.4 Å². The molecule has 1 N–H and O–H groups in total. The molecule has 0 aliphatic heterocycles. The molecule has 1 rings (SSSR count). The summed E-state index contributed by atoms with van der Waals surface area (Å²) >= 11 is 6.48. The second kappa shape index (κ2) is 4.19. The van der Waals surface area contributed by atoms with E-state index in [4.69, 9.17) is 27.0 Å². The molecule has 1 aromatic heterocycles. The summed E-state index contributed by atoms with van der Waals surface area (Å²) in [5.74, 6) is -1.15. The van der Waals surface area contributed by atoms with Crippen LogP contribution in [0.2, 0.25) is 5.02 Å². The van der Waals surface area contributed by atoms with Crippen LogP contribution < -0.4 is 4.74 Å². The Morgan fingerprint density at radius 1 is 1.79 bits per heavy atom. The molecule has 0 aromatic carbocycles. The molecule has 0 unspecified atom stereocenters. The van der Waals surface area contributed by atoms with Gasteiger partial charge in [0, 0.05) is 4.91 Å². The highest BCUT2D eigenvalue weighted by Crippen LogP contribution is 2.44. The number of methoxy groups -OCH3 is 1. The van der Waals surface area contributed by atoms with Gasteiger partial charge in [0.1, 0.15) is 10.0 Å². The minimum absolute atomic E-state index is 0.0200. The summed E-state index contributed by atoms with van der Waals surface area (Å²) in [7, 11) is 1.29. The van der Waals surface area contributed by atoms with Crippen molar-refractivity contribution < 1.29 is 14.6 Å². The summed E-state index contributed by atoms with van der Waals surface area (Å²) in [4.78, 5) is 13.1. The molecule has 0 amide bonds. The van der Waals surface area contributed by atoms with Gasteiger partial charge in [0.25, 0.3) is 0 Å². The number of rotatable bonds is 3. The van der Waals surface area contributed by atoms with E-state index in [2.05, 4.69) is 10.0 Å². The van der Waals surface area contributed by atoms with Gasteiger partial charge in [-0.15, -0.1) is 11.3 Å². The third-order valence-corrected chi connectivity index (χ3v) is 2.83. The van der Waals surface area contributed by atoms with E-state index in [1.165, 1.54) is 7.11 Å². The smallest absolute Gasteiger partial charge is 0.349 e. The molecule has 0 bridgehead atoms. The van der Waals surface area contributed by atoms with Gasteiger partial charge < -0.3 is 9.84 Å². The van der Waals surface area contributed by atoms with Crippen molar-refractivity contribution in [2.24, 2.45) is 5.11 Å². The first-order valence-electron chi connectivity index (χ1n) is 3.26.